The van der Waals surface area contributed by atoms with Crippen molar-refractivity contribution in [3.63, 3.8) is 0 Å². The van der Waals surface area contributed by atoms with E-state index in [1.807, 2.05) is 49.4 Å². The summed E-state index contributed by atoms with van der Waals surface area (Å²) in [5.74, 6) is 1.17. The molecule has 1 amide bonds. The number of anilines is 1. The van der Waals surface area contributed by atoms with Crippen molar-refractivity contribution in [2.45, 2.75) is 6.92 Å². The van der Waals surface area contributed by atoms with E-state index in [1.54, 1.807) is 14.2 Å². The number of thiazole rings is 1. The smallest absolute Gasteiger partial charge is 0.259 e. The number of amides is 1. The normalized spacial score (nSPS) is 10.9. The van der Waals surface area contributed by atoms with Gasteiger partial charge in [-0.2, -0.15) is 0 Å². The van der Waals surface area contributed by atoms with E-state index >= 15 is 0 Å². The number of aromatic nitrogens is 2. The zero-order chi connectivity index (χ0) is 19.0. The fraction of sp³-hybridized carbons (Fsp3) is 0.150. The summed E-state index contributed by atoms with van der Waals surface area (Å²) in [5, 5.41) is 4.27. The van der Waals surface area contributed by atoms with Crippen LogP contribution < -0.4 is 14.8 Å². The number of methoxy groups -OCH3 is 2. The fourth-order valence-corrected chi connectivity index (χ4v) is 3.78. The molecular weight excluding hydrogens is 362 g/mol. The third kappa shape index (κ3) is 3.17. The summed E-state index contributed by atoms with van der Waals surface area (Å²) in [6, 6.07) is 13.1. The molecule has 2 aromatic carbocycles. The van der Waals surface area contributed by atoms with Crippen LogP contribution in [0.5, 0.6) is 11.5 Å². The first-order valence-corrected chi connectivity index (χ1v) is 9.11. The van der Waals surface area contributed by atoms with Gasteiger partial charge in [-0.15, -0.1) is 0 Å². The third-order valence-corrected chi connectivity index (χ3v) is 5.22. The lowest BCUT2D eigenvalue weighted by atomic mass is 10.1. The number of para-hydroxylation sites is 1. The Bertz CT molecular complexity index is 1170. The molecule has 0 atom stereocenters. The standard InChI is InChI=1S/C20H17N3O3S/c1-11-14(9-12-7-8-13(25-2)10-15(12)21-11)19(24)23-20-22-18-16(26-3)5-4-6-17(18)27-20/h4-10H,1-3H3,(H,22,23,24). The minimum atomic E-state index is -0.240. The van der Waals surface area contributed by atoms with Crippen LogP contribution in [0.2, 0.25) is 0 Å². The van der Waals surface area contributed by atoms with E-state index in [2.05, 4.69) is 15.3 Å². The second kappa shape index (κ2) is 6.85. The molecule has 0 unspecified atom stereocenters. The lowest BCUT2D eigenvalue weighted by Crippen LogP contribution is -2.14. The first kappa shape index (κ1) is 17.2. The van der Waals surface area contributed by atoms with Crippen molar-refractivity contribution in [1.82, 2.24) is 9.97 Å². The van der Waals surface area contributed by atoms with Gasteiger partial charge in [0.05, 0.1) is 35.7 Å². The fourth-order valence-electron chi connectivity index (χ4n) is 2.91. The van der Waals surface area contributed by atoms with Crippen LogP contribution in [-0.4, -0.2) is 30.1 Å². The SMILES string of the molecule is COc1ccc2cc(C(=O)Nc3nc4c(OC)cccc4s3)c(C)nc2c1. The molecule has 0 saturated heterocycles. The molecule has 0 radical (unpaired) electrons. The van der Waals surface area contributed by atoms with Crippen LogP contribution in [0, 0.1) is 6.92 Å². The second-order valence-electron chi connectivity index (χ2n) is 5.96. The second-order valence-corrected chi connectivity index (χ2v) is 6.99. The summed E-state index contributed by atoms with van der Waals surface area (Å²) >= 11 is 1.40. The molecular formula is C20H17N3O3S. The summed E-state index contributed by atoms with van der Waals surface area (Å²) in [4.78, 5) is 21.8. The molecule has 0 aliphatic carbocycles. The van der Waals surface area contributed by atoms with Crippen molar-refractivity contribution in [2.24, 2.45) is 0 Å². The molecule has 0 saturated carbocycles. The van der Waals surface area contributed by atoms with Gasteiger partial charge in [0.2, 0.25) is 0 Å². The van der Waals surface area contributed by atoms with E-state index in [1.165, 1.54) is 11.3 Å². The number of benzene rings is 2. The highest BCUT2D eigenvalue weighted by Crippen LogP contribution is 2.32. The number of nitrogens with one attached hydrogen (secondary N) is 1. The minimum absolute atomic E-state index is 0.240. The molecule has 7 heteroatoms. The minimum Gasteiger partial charge on any atom is -0.497 e. The van der Waals surface area contributed by atoms with Crippen molar-refractivity contribution in [1.29, 1.82) is 0 Å². The number of hydrogen-bond donors (Lipinski definition) is 1. The molecule has 0 aliphatic heterocycles. The summed E-state index contributed by atoms with van der Waals surface area (Å²) < 4.78 is 11.5. The van der Waals surface area contributed by atoms with Gasteiger partial charge in [-0.25, -0.2) is 4.98 Å². The number of ether oxygens (including phenoxy) is 2. The van der Waals surface area contributed by atoms with Crippen molar-refractivity contribution >= 4 is 43.5 Å². The van der Waals surface area contributed by atoms with Crippen LogP contribution in [0.3, 0.4) is 0 Å². The average molecular weight is 379 g/mol. The van der Waals surface area contributed by atoms with E-state index in [-0.39, 0.29) is 5.91 Å². The summed E-state index contributed by atoms with van der Waals surface area (Å²) in [6.45, 7) is 1.81. The van der Waals surface area contributed by atoms with Gasteiger partial charge >= 0.3 is 0 Å². The highest BCUT2D eigenvalue weighted by molar-refractivity contribution is 7.22. The molecule has 2 aromatic heterocycles. The summed E-state index contributed by atoms with van der Waals surface area (Å²) in [6.07, 6.45) is 0. The van der Waals surface area contributed by atoms with Crippen molar-refractivity contribution in [3.05, 3.63) is 53.7 Å². The Kier molecular flexibility index (Phi) is 4.37. The Labute approximate surface area is 159 Å². The van der Waals surface area contributed by atoms with Crippen LogP contribution in [0.1, 0.15) is 16.1 Å². The summed E-state index contributed by atoms with van der Waals surface area (Å²) in [5.41, 5.74) is 2.68. The van der Waals surface area contributed by atoms with Gasteiger partial charge in [-0.1, -0.05) is 17.4 Å². The number of pyridine rings is 1. The lowest BCUT2D eigenvalue weighted by Gasteiger charge is -2.08. The first-order chi connectivity index (χ1) is 13.1. The Balaban J connectivity index is 1.67. The number of aryl methyl sites for hydroxylation is 1. The molecule has 2 heterocycles. The van der Waals surface area contributed by atoms with Crippen LogP contribution >= 0.6 is 11.3 Å². The Morgan fingerprint density at radius 2 is 1.93 bits per heavy atom. The number of hydrogen-bond acceptors (Lipinski definition) is 6. The zero-order valence-corrected chi connectivity index (χ0v) is 15.9. The van der Waals surface area contributed by atoms with Crippen molar-refractivity contribution in [3.8, 4) is 11.5 Å². The van der Waals surface area contributed by atoms with Gasteiger partial charge in [0.15, 0.2) is 5.13 Å². The molecule has 0 fully saturated rings. The highest BCUT2D eigenvalue weighted by atomic mass is 32.1. The van der Waals surface area contributed by atoms with Gasteiger partial charge in [-0.05, 0) is 37.3 Å². The number of nitrogens with zero attached hydrogens (tertiary/aromatic N) is 2. The van der Waals surface area contributed by atoms with Crippen LogP contribution in [-0.2, 0) is 0 Å². The molecule has 27 heavy (non-hydrogen) atoms. The maximum Gasteiger partial charge on any atom is 0.259 e. The lowest BCUT2D eigenvalue weighted by molar-refractivity contribution is 0.102. The van der Waals surface area contributed by atoms with Crippen molar-refractivity contribution in [2.75, 3.05) is 19.5 Å². The molecule has 0 aliphatic rings. The van der Waals surface area contributed by atoms with Crippen LogP contribution in [0.4, 0.5) is 5.13 Å². The van der Waals surface area contributed by atoms with E-state index in [4.69, 9.17) is 9.47 Å². The maximum atomic E-state index is 12.8. The van der Waals surface area contributed by atoms with Gasteiger partial charge in [0.1, 0.15) is 17.0 Å². The van der Waals surface area contributed by atoms with Crippen LogP contribution in [0.15, 0.2) is 42.5 Å². The average Bonchev–Trinajstić information content (AvgIpc) is 3.09. The summed E-state index contributed by atoms with van der Waals surface area (Å²) in [7, 11) is 3.22. The predicted octanol–water partition coefficient (Wildman–Crippen LogP) is 4.42. The van der Waals surface area contributed by atoms with Gasteiger partial charge in [-0.3, -0.25) is 15.1 Å². The molecule has 1 N–H and O–H groups in total. The topological polar surface area (TPSA) is 73.3 Å². The van der Waals surface area contributed by atoms with Gasteiger partial charge < -0.3 is 9.47 Å². The molecule has 4 rings (SSSR count). The quantitative estimate of drug-likeness (QED) is 0.568. The largest absolute Gasteiger partial charge is 0.497 e. The molecule has 6 nitrogen and oxygen atoms in total. The molecule has 136 valence electrons. The Hall–Kier alpha value is -3.19. The molecule has 0 bridgehead atoms. The van der Waals surface area contributed by atoms with Crippen molar-refractivity contribution < 1.29 is 14.3 Å². The molecule has 4 aromatic rings. The molecule has 0 spiro atoms. The van der Waals surface area contributed by atoms with Crippen LogP contribution in [0.25, 0.3) is 21.1 Å². The number of carbonyl (C=O) groups excluding carboxylic acids is 1. The Morgan fingerprint density at radius 1 is 1.07 bits per heavy atom. The van der Waals surface area contributed by atoms with E-state index in [0.29, 0.717) is 22.1 Å². The number of rotatable bonds is 4. The predicted molar refractivity (Wildman–Crippen MR) is 107 cm³/mol. The monoisotopic (exact) mass is 379 g/mol. The van der Waals surface area contributed by atoms with Gasteiger partial charge in [0.25, 0.3) is 5.91 Å². The number of fused-ring (bicyclic) bond motifs is 2. The Morgan fingerprint density at radius 3 is 2.70 bits per heavy atom. The first-order valence-electron chi connectivity index (χ1n) is 8.29. The maximum absolute atomic E-state index is 12.8. The highest BCUT2D eigenvalue weighted by Gasteiger charge is 2.15. The van der Waals surface area contributed by atoms with Gasteiger partial charge in [0, 0.05) is 11.5 Å². The van der Waals surface area contributed by atoms with E-state index in [9.17, 15) is 4.79 Å². The van der Waals surface area contributed by atoms with E-state index in [0.717, 1.165) is 26.9 Å². The van der Waals surface area contributed by atoms with E-state index < -0.39 is 0 Å². The number of carbonyl (C=O) groups is 1. The zero-order valence-electron chi connectivity index (χ0n) is 15.1. The third-order valence-electron chi connectivity index (χ3n) is 4.28.